The first-order chi connectivity index (χ1) is 6.38. The van der Waals surface area contributed by atoms with Crippen molar-refractivity contribution in [3.63, 3.8) is 0 Å². The zero-order valence-corrected chi connectivity index (χ0v) is 8.95. The highest BCUT2D eigenvalue weighted by atomic mass is 16.1. The summed E-state index contributed by atoms with van der Waals surface area (Å²) in [6.45, 7) is 0.504. The second-order valence-electron chi connectivity index (χ2n) is 4.49. The molecule has 0 saturated carbocycles. The summed E-state index contributed by atoms with van der Waals surface area (Å²) in [6, 6.07) is 7.05. The molecule has 0 heterocycles. The van der Waals surface area contributed by atoms with Gasteiger partial charge in [-0.3, -0.25) is 4.79 Å². The Hall–Kier alpha value is -1.35. The number of nitrogens with zero attached hydrogens (tertiary/aromatic N) is 1. The Morgan fingerprint density at radius 2 is 1.71 bits per heavy atom. The van der Waals surface area contributed by atoms with Gasteiger partial charge in [-0.25, -0.2) is 0 Å². The summed E-state index contributed by atoms with van der Waals surface area (Å²) < 4.78 is 0.642. The third kappa shape index (κ3) is 3.18. The molecule has 1 aromatic carbocycles. The molecule has 0 saturated heterocycles. The predicted octanol–water partition coefficient (Wildman–Crippen LogP) is 1.16. The second-order valence-corrected chi connectivity index (χ2v) is 4.49. The van der Waals surface area contributed by atoms with Gasteiger partial charge in [-0.2, -0.15) is 0 Å². The molecular weight excluding hydrogens is 176 g/mol. The number of likely N-dealkylation sites (N-methyl/N-ethyl adjacent to an activating group) is 1. The van der Waals surface area contributed by atoms with Gasteiger partial charge in [0.05, 0.1) is 21.1 Å². The lowest BCUT2D eigenvalue weighted by Gasteiger charge is -2.22. The molecule has 1 rings (SSSR count). The average molecular weight is 193 g/mol. The van der Waals surface area contributed by atoms with Crippen LogP contribution in [0, 0.1) is 0 Å². The van der Waals surface area contributed by atoms with E-state index in [1.165, 1.54) is 0 Å². The van der Waals surface area contributed by atoms with Crippen molar-refractivity contribution in [2.75, 3.05) is 33.4 Å². The third-order valence-corrected chi connectivity index (χ3v) is 1.85. The maximum atomic E-state index is 11.7. The van der Waals surface area contributed by atoms with Crippen LogP contribution in [0.25, 0.3) is 0 Å². The van der Waals surface area contributed by atoms with E-state index in [4.69, 9.17) is 5.73 Å². The Morgan fingerprint density at radius 1 is 1.21 bits per heavy atom. The number of hydrogen-bond acceptors (Lipinski definition) is 2. The van der Waals surface area contributed by atoms with E-state index in [9.17, 15) is 4.79 Å². The van der Waals surface area contributed by atoms with Gasteiger partial charge in [0.1, 0.15) is 6.54 Å². The molecular formula is C11H17N2O+. The van der Waals surface area contributed by atoms with E-state index in [-0.39, 0.29) is 5.78 Å². The standard InChI is InChI=1S/C11H16N2O/c1-13(2,3)8-11(14)9-4-6-10(12)7-5-9/h4-7H,8H2,1-3H3,(H-,12,14)/p+1. The lowest BCUT2D eigenvalue weighted by atomic mass is 10.1. The molecule has 0 aliphatic carbocycles. The SMILES string of the molecule is C[N+](C)(C)CC(=O)c1ccc(N)cc1. The Bertz CT molecular complexity index is 322. The van der Waals surface area contributed by atoms with Gasteiger partial charge < -0.3 is 10.2 Å². The quantitative estimate of drug-likeness (QED) is 0.444. The van der Waals surface area contributed by atoms with E-state index in [2.05, 4.69) is 0 Å². The fourth-order valence-corrected chi connectivity index (χ4v) is 1.19. The van der Waals surface area contributed by atoms with Crippen LogP contribution >= 0.6 is 0 Å². The number of rotatable bonds is 3. The molecule has 0 aliphatic rings. The van der Waals surface area contributed by atoms with Crippen molar-refractivity contribution >= 4 is 11.5 Å². The molecule has 0 aliphatic heterocycles. The molecule has 0 unspecified atom stereocenters. The first kappa shape index (κ1) is 10.7. The summed E-state index contributed by atoms with van der Waals surface area (Å²) in [6.07, 6.45) is 0. The molecule has 0 spiro atoms. The summed E-state index contributed by atoms with van der Waals surface area (Å²) in [4.78, 5) is 11.7. The molecule has 14 heavy (non-hydrogen) atoms. The number of carbonyl (C=O) groups excluding carboxylic acids is 1. The van der Waals surface area contributed by atoms with Crippen LogP contribution in [0.5, 0.6) is 0 Å². The van der Waals surface area contributed by atoms with Crippen molar-refractivity contribution in [2.45, 2.75) is 0 Å². The Balaban J connectivity index is 2.76. The van der Waals surface area contributed by atoms with Gasteiger partial charge in [0.25, 0.3) is 0 Å². The Kier molecular flexibility index (Phi) is 2.91. The van der Waals surface area contributed by atoms with Gasteiger partial charge in [-0.1, -0.05) is 0 Å². The van der Waals surface area contributed by atoms with Crippen LogP contribution in [0.3, 0.4) is 0 Å². The van der Waals surface area contributed by atoms with Crippen molar-refractivity contribution in [3.05, 3.63) is 29.8 Å². The largest absolute Gasteiger partial charge is 0.399 e. The van der Waals surface area contributed by atoms with E-state index in [1.807, 2.05) is 21.1 Å². The number of Topliss-reactive ketones (excluding diaryl/α,β-unsaturated/α-hetero) is 1. The molecule has 1 aromatic rings. The van der Waals surface area contributed by atoms with Crippen molar-refractivity contribution in [1.29, 1.82) is 0 Å². The molecule has 0 aromatic heterocycles. The predicted molar refractivity (Wildman–Crippen MR) is 58.1 cm³/mol. The van der Waals surface area contributed by atoms with Crippen LogP contribution in [-0.4, -0.2) is 38.0 Å². The zero-order chi connectivity index (χ0) is 10.8. The van der Waals surface area contributed by atoms with E-state index in [0.717, 1.165) is 5.56 Å². The summed E-state index contributed by atoms with van der Waals surface area (Å²) in [5.74, 6) is 0.150. The highest BCUT2D eigenvalue weighted by molar-refractivity contribution is 5.97. The van der Waals surface area contributed by atoms with Crippen LogP contribution in [0.15, 0.2) is 24.3 Å². The van der Waals surface area contributed by atoms with Gasteiger partial charge >= 0.3 is 0 Å². The van der Waals surface area contributed by atoms with Crippen LogP contribution in [-0.2, 0) is 0 Å². The van der Waals surface area contributed by atoms with Gasteiger partial charge in [0.15, 0.2) is 0 Å². The van der Waals surface area contributed by atoms with Crippen molar-refractivity contribution in [1.82, 2.24) is 0 Å². The maximum Gasteiger partial charge on any atom is 0.216 e. The first-order valence-corrected chi connectivity index (χ1v) is 4.58. The van der Waals surface area contributed by atoms with E-state index in [0.29, 0.717) is 16.7 Å². The lowest BCUT2D eigenvalue weighted by Crippen LogP contribution is -2.39. The molecule has 76 valence electrons. The van der Waals surface area contributed by atoms with Crippen LogP contribution in [0.4, 0.5) is 5.69 Å². The highest BCUT2D eigenvalue weighted by Crippen LogP contribution is 2.07. The van der Waals surface area contributed by atoms with Gasteiger partial charge in [-0.05, 0) is 24.3 Å². The van der Waals surface area contributed by atoms with Gasteiger partial charge in [0, 0.05) is 11.3 Å². The molecule has 0 fully saturated rings. The van der Waals surface area contributed by atoms with Crippen LogP contribution in [0.1, 0.15) is 10.4 Å². The molecule has 3 nitrogen and oxygen atoms in total. The van der Waals surface area contributed by atoms with Crippen LogP contribution < -0.4 is 5.73 Å². The Morgan fingerprint density at radius 3 is 2.14 bits per heavy atom. The normalized spacial score (nSPS) is 11.4. The first-order valence-electron chi connectivity index (χ1n) is 4.58. The highest BCUT2D eigenvalue weighted by Gasteiger charge is 2.15. The van der Waals surface area contributed by atoms with E-state index in [1.54, 1.807) is 24.3 Å². The monoisotopic (exact) mass is 193 g/mol. The zero-order valence-electron chi connectivity index (χ0n) is 8.95. The summed E-state index contributed by atoms with van der Waals surface area (Å²) in [5, 5.41) is 0. The summed E-state index contributed by atoms with van der Waals surface area (Å²) in [5.41, 5.74) is 6.95. The van der Waals surface area contributed by atoms with E-state index < -0.39 is 0 Å². The van der Waals surface area contributed by atoms with Crippen LogP contribution in [0.2, 0.25) is 0 Å². The number of ketones is 1. The van der Waals surface area contributed by atoms with Crippen molar-refractivity contribution < 1.29 is 9.28 Å². The number of benzene rings is 1. The maximum absolute atomic E-state index is 11.7. The van der Waals surface area contributed by atoms with E-state index >= 15 is 0 Å². The van der Waals surface area contributed by atoms with Crippen molar-refractivity contribution in [3.8, 4) is 0 Å². The van der Waals surface area contributed by atoms with Gasteiger partial charge in [0.2, 0.25) is 5.78 Å². The molecule has 0 amide bonds. The average Bonchev–Trinajstić information content (AvgIpc) is 2.02. The number of nitrogen functional groups attached to an aromatic ring is 1. The minimum Gasteiger partial charge on any atom is -0.399 e. The smallest absolute Gasteiger partial charge is 0.216 e. The van der Waals surface area contributed by atoms with Crippen molar-refractivity contribution in [2.24, 2.45) is 0 Å². The number of hydrogen-bond donors (Lipinski definition) is 1. The fraction of sp³-hybridized carbons (Fsp3) is 0.364. The molecule has 2 N–H and O–H groups in total. The molecule has 0 radical (unpaired) electrons. The second kappa shape index (κ2) is 3.80. The third-order valence-electron chi connectivity index (χ3n) is 1.85. The van der Waals surface area contributed by atoms with Gasteiger partial charge in [-0.15, -0.1) is 0 Å². The number of quaternary nitrogens is 1. The Labute approximate surface area is 84.7 Å². The minimum atomic E-state index is 0.150. The topological polar surface area (TPSA) is 43.1 Å². The number of nitrogens with two attached hydrogens (primary N) is 1. The minimum absolute atomic E-state index is 0.150. The molecule has 0 atom stereocenters. The lowest BCUT2D eigenvalue weighted by molar-refractivity contribution is -0.861. The molecule has 0 bridgehead atoms. The summed E-state index contributed by atoms with van der Waals surface area (Å²) in [7, 11) is 5.99. The summed E-state index contributed by atoms with van der Waals surface area (Å²) >= 11 is 0. The molecule has 3 heteroatoms. The number of anilines is 1. The fourth-order valence-electron chi connectivity index (χ4n) is 1.19. The number of carbonyl (C=O) groups is 1.